The molecular formula is C20H26N2O4S. The van der Waals surface area contributed by atoms with Crippen LogP contribution in [-0.2, 0) is 14.8 Å². The van der Waals surface area contributed by atoms with Crippen LogP contribution in [0.25, 0.3) is 0 Å². The standard InChI is InChI=1S/C20H26N2O4S/c1-14-6-8-18(17(4)11-14)26-13-20(23)21-9-10-22-27(24,25)19-12-15(2)5-7-16(19)3/h5-8,11-12,22H,9-10,13H2,1-4H3,(H,21,23). The zero-order valence-electron chi connectivity index (χ0n) is 16.1. The highest BCUT2D eigenvalue weighted by molar-refractivity contribution is 7.89. The highest BCUT2D eigenvalue weighted by atomic mass is 32.2. The molecule has 2 N–H and O–H groups in total. The number of carbonyl (C=O) groups excluding carboxylic acids is 1. The first-order valence-corrected chi connectivity index (χ1v) is 10.2. The summed E-state index contributed by atoms with van der Waals surface area (Å²) in [7, 11) is -3.61. The lowest BCUT2D eigenvalue weighted by atomic mass is 10.1. The van der Waals surface area contributed by atoms with E-state index in [0.29, 0.717) is 11.3 Å². The lowest BCUT2D eigenvalue weighted by Crippen LogP contribution is -2.37. The maximum Gasteiger partial charge on any atom is 0.257 e. The number of nitrogens with one attached hydrogen (secondary N) is 2. The third kappa shape index (κ3) is 6.08. The van der Waals surface area contributed by atoms with Gasteiger partial charge in [0.25, 0.3) is 5.91 Å². The van der Waals surface area contributed by atoms with Crippen molar-refractivity contribution in [1.82, 2.24) is 10.0 Å². The molecule has 0 saturated heterocycles. The van der Waals surface area contributed by atoms with Gasteiger partial charge in [0.2, 0.25) is 10.0 Å². The minimum Gasteiger partial charge on any atom is -0.484 e. The summed E-state index contributed by atoms with van der Waals surface area (Å²) in [5.74, 6) is 0.354. The summed E-state index contributed by atoms with van der Waals surface area (Å²) >= 11 is 0. The Hall–Kier alpha value is -2.38. The minimum atomic E-state index is -3.61. The first-order valence-electron chi connectivity index (χ1n) is 8.73. The summed E-state index contributed by atoms with van der Waals surface area (Å²) in [6.45, 7) is 7.66. The molecule has 2 aromatic rings. The molecule has 7 heteroatoms. The Balaban J connectivity index is 1.78. The fraction of sp³-hybridized carbons (Fsp3) is 0.350. The van der Waals surface area contributed by atoms with Crippen LogP contribution < -0.4 is 14.8 Å². The van der Waals surface area contributed by atoms with Crippen LogP contribution in [0.3, 0.4) is 0 Å². The molecule has 2 rings (SSSR count). The topological polar surface area (TPSA) is 84.5 Å². The van der Waals surface area contributed by atoms with E-state index in [0.717, 1.165) is 16.7 Å². The smallest absolute Gasteiger partial charge is 0.257 e. The fourth-order valence-corrected chi connectivity index (χ4v) is 3.98. The van der Waals surface area contributed by atoms with Crippen molar-refractivity contribution in [1.29, 1.82) is 0 Å². The van der Waals surface area contributed by atoms with Crippen molar-refractivity contribution in [2.24, 2.45) is 0 Å². The Morgan fingerprint density at radius 3 is 2.30 bits per heavy atom. The maximum atomic E-state index is 12.4. The van der Waals surface area contributed by atoms with Crippen LogP contribution in [0, 0.1) is 27.7 Å². The van der Waals surface area contributed by atoms with E-state index >= 15 is 0 Å². The molecule has 0 bridgehead atoms. The molecule has 1 amide bonds. The van der Waals surface area contributed by atoms with Crippen molar-refractivity contribution in [2.75, 3.05) is 19.7 Å². The molecule has 0 saturated carbocycles. The molecule has 0 radical (unpaired) electrons. The molecule has 0 aliphatic carbocycles. The van der Waals surface area contributed by atoms with Gasteiger partial charge >= 0.3 is 0 Å². The first kappa shape index (κ1) is 20.9. The molecular weight excluding hydrogens is 364 g/mol. The highest BCUT2D eigenvalue weighted by Gasteiger charge is 2.16. The van der Waals surface area contributed by atoms with E-state index in [2.05, 4.69) is 10.0 Å². The average molecular weight is 391 g/mol. The SMILES string of the molecule is Cc1ccc(OCC(=O)NCCNS(=O)(=O)c2cc(C)ccc2C)c(C)c1. The Labute approximate surface area is 161 Å². The minimum absolute atomic E-state index is 0.102. The molecule has 146 valence electrons. The number of carbonyl (C=O) groups is 1. The summed E-state index contributed by atoms with van der Waals surface area (Å²) in [5.41, 5.74) is 3.64. The van der Waals surface area contributed by atoms with Crippen LogP contribution in [0.2, 0.25) is 0 Å². The third-order valence-corrected chi connectivity index (χ3v) is 5.66. The molecule has 6 nitrogen and oxygen atoms in total. The zero-order chi connectivity index (χ0) is 20.0. The van der Waals surface area contributed by atoms with Gasteiger partial charge in [0.1, 0.15) is 5.75 Å². The van der Waals surface area contributed by atoms with Gasteiger partial charge in [0.05, 0.1) is 4.90 Å². The number of hydrogen-bond acceptors (Lipinski definition) is 4. The second-order valence-corrected chi connectivity index (χ2v) is 8.31. The van der Waals surface area contributed by atoms with Crippen LogP contribution in [-0.4, -0.2) is 34.0 Å². The molecule has 2 aromatic carbocycles. The zero-order valence-corrected chi connectivity index (χ0v) is 16.9. The predicted molar refractivity (Wildman–Crippen MR) is 106 cm³/mol. The van der Waals surface area contributed by atoms with Crippen LogP contribution in [0.1, 0.15) is 22.3 Å². The quantitative estimate of drug-likeness (QED) is 0.678. The summed E-state index contributed by atoms with van der Waals surface area (Å²) in [6.07, 6.45) is 0. The number of amides is 1. The second kappa shape index (κ2) is 9.01. The fourth-order valence-electron chi connectivity index (χ4n) is 2.62. The molecule has 0 unspecified atom stereocenters. The maximum absolute atomic E-state index is 12.4. The van der Waals surface area contributed by atoms with Crippen LogP contribution in [0.4, 0.5) is 0 Å². The van der Waals surface area contributed by atoms with E-state index in [-0.39, 0.29) is 30.5 Å². The highest BCUT2D eigenvalue weighted by Crippen LogP contribution is 2.18. The predicted octanol–water partition coefficient (Wildman–Crippen LogP) is 2.39. The summed E-state index contributed by atoms with van der Waals surface area (Å²) in [5, 5.41) is 2.64. The van der Waals surface area contributed by atoms with Crippen molar-refractivity contribution < 1.29 is 17.9 Å². The molecule has 0 aliphatic heterocycles. The molecule has 0 spiro atoms. The van der Waals surface area contributed by atoms with E-state index in [1.54, 1.807) is 19.1 Å². The monoisotopic (exact) mass is 390 g/mol. The molecule has 0 atom stereocenters. The van der Waals surface area contributed by atoms with E-state index in [1.807, 2.05) is 45.0 Å². The van der Waals surface area contributed by atoms with Gasteiger partial charge in [-0.25, -0.2) is 13.1 Å². The van der Waals surface area contributed by atoms with Gasteiger partial charge in [0, 0.05) is 13.1 Å². The van der Waals surface area contributed by atoms with Gasteiger partial charge in [-0.05, 0) is 56.5 Å². The Kier molecular flexibility index (Phi) is 6.98. The van der Waals surface area contributed by atoms with Gasteiger partial charge < -0.3 is 10.1 Å². The van der Waals surface area contributed by atoms with Gasteiger partial charge in [-0.3, -0.25) is 4.79 Å². The molecule has 27 heavy (non-hydrogen) atoms. The number of aryl methyl sites for hydroxylation is 4. The number of sulfonamides is 1. The van der Waals surface area contributed by atoms with E-state index < -0.39 is 10.0 Å². The van der Waals surface area contributed by atoms with Crippen molar-refractivity contribution in [3.05, 3.63) is 58.7 Å². The third-order valence-electron chi connectivity index (χ3n) is 4.06. The Morgan fingerprint density at radius 1 is 0.926 bits per heavy atom. The van der Waals surface area contributed by atoms with Gasteiger partial charge in [0.15, 0.2) is 6.61 Å². The lowest BCUT2D eigenvalue weighted by Gasteiger charge is -2.12. The lowest BCUT2D eigenvalue weighted by molar-refractivity contribution is -0.123. The number of benzene rings is 2. The van der Waals surface area contributed by atoms with Crippen molar-refractivity contribution in [3.8, 4) is 5.75 Å². The second-order valence-electron chi connectivity index (χ2n) is 6.57. The molecule has 0 aromatic heterocycles. The van der Waals surface area contributed by atoms with Gasteiger partial charge in [-0.2, -0.15) is 0 Å². The average Bonchev–Trinajstić information content (AvgIpc) is 2.60. The number of ether oxygens (including phenoxy) is 1. The van der Waals surface area contributed by atoms with Crippen molar-refractivity contribution in [2.45, 2.75) is 32.6 Å². The Bertz CT molecular complexity index is 924. The summed E-state index contributed by atoms with van der Waals surface area (Å²) in [4.78, 5) is 12.1. The van der Waals surface area contributed by atoms with E-state index in [1.165, 1.54) is 0 Å². The van der Waals surface area contributed by atoms with Gasteiger partial charge in [-0.1, -0.05) is 29.8 Å². The van der Waals surface area contributed by atoms with Crippen LogP contribution in [0.5, 0.6) is 5.75 Å². The number of hydrogen-bond donors (Lipinski definition) is 2. The first-order chi connectivity index (χ1) is 12.7. The van der Waals surface area contributed by atoms with E-state index in [4.69, 9.17) is 4.74 Å². The Morgan fingerprint density at radius 2 is 1.59 bits per heavy atom. The van der Waals surface area contributed by atoms with Crippen molar-refractivity contribution in [3.63, 3.8) is 0 Å². The summed E-state index contributed by atoms with van der Waals surface area (Å²) in [6, 6.07) is 11.0. The molecule has 0 fully saturated rings. The molecule has 0 aliphatic rings. The summed E-state index contributed by atoms with van der Waals surface area (Å²) < 4.78 is 32.8. The number of rotatable bonds is 8. The van der Waals surface area contributed by atoms with Crippen LogP contribution >= 0.6 is 0 Å². The van der Waals surface area contributed by atoms with E-state index in [9.17, 15) is 13.2 Å². The normalized spacial score (nSPS) is 11.3. The molecule has 0 heterocycles. The van der Waals surface area contributed by atoms with Crippen molar-refractivity contribution >= 4 is 15.9 Å². The van der Waals surface area contributed by atoms with Gasteiger partial charge in [-0.15, -0.1) is 0 Å². The largest absolute Gasteiger partial charge is 0.484 e. The van der Waals surface area contributed by atoms with Crippen LogP contribution in [0.15, 0.2) is 41.3 Å².